The number of rotatable bonds is 3. The highest BCUT2D eigenvalue weighted by Gasteiger charge is 2.49. The summed E-state index contributed by atoms with van der Waals surface area (Å²) in [7, 11) is 1.61. The van der Waals surface area contributed by atoms with Crippen molar-refractivity contribution in [3.8, 4) is 5.75 Å². The van der Waals surface area contributed by atoms with Crippen LogP contribution in [0.1, 0.15) is 31.9 Å². The first kappa shape index (κ1) is 13.3. The van der Waals surface area contributed by atoms with Gasteiger partial charge >= 0.3 is 0 Å². The van der Waals surface area contributed by atoms with E-state index in [0.717, 1.165) is 11.3 Å². The maximum Gasteiger partial charge on any atom is 0.168 e. The maximum absolute atomic E-state index is 10.2. The highest BCUT2D eigenvalue weighted by molar-refractivity contribution is 5.29. The van der Waals surface area contributed by atoms with Crippen LogP contribution in [0.4, 0.5) is 0 Å². The first-order chi connectivity index (χ1) is 8.36. The van der Waals surface area contributed by atoms with Crippen LogP contribution in [0.3, 0.4) is 0 Å². The Morgan fingerprint density at radius 2 is 2.00 bits per heavy atom. The van der Waals surface area contributed by atoms with Gasteiger partial charge in [0.25, 0.3) is 0 Å². The van der Waals surface area contributed by atoms with Gasteiger partial charge in [0.2, 0.25) is 0 Å². The lowest BCUT2D eigenvalue weighted by atomic mass is 9.89. The molecule has 1 fully saturated rings. The molecule has 1 aliphatic rings. The average molecular weight is 253 g/mol. The molecule has 2 rings (SSSR count). The third-order valence-corrected chi connectivity index (χ3v) is 3.35. The molecule has 1 aliphatic heterocycles. The molecule has 0 spiro atoms. The number of methoxy groups -OCH3 is 1. The zero-order valence-corrected chi connectivity index (χ0v) is 10.8. The molecule has 0 aromatic heterocycles. The number of hydrogen-bond donors (Lipinski definition) is 3. The van der Waals surface area contributed by atoms with Crippen molar-refractivity contribution in [3.63, 3.8) is 0 Å². The van der Waals surface area contributed by atoms with E-state index in [4.69, 9.17) is 9.57 Å². The molecule has 0 unspecified atom stereocenters. The summed E-state index contributed by atoms with van der Waals surface area (Å²) < 4.78 is 5.08. The van der Waals surface area contributed by atoms with Crippen molar-refractivity contribution in [1.29, 1.82) is 0 Å². The van der Waals surface area contributed by atoms with Gasteiger partial charge in [-0.15, -0.1) is 0 Å². The first-order valence-corrected chi connectivity index (χ1v) is 5.87. The van der Waals surface area contributed by atoms with Gasteiger partial charge in [-0.25, -0.2) is 0 Å². The van der Waals surface area contributed by atoms with Crippen molar-refractivity contribution in [2.24, 2.45) is 0 Å². The van der Waals surface area contributed by atoms with Gasteiger partial charge in [-0.05, 0) is 31.5 Å². The molecule has 0 amide bonds. The van der Waals surface area contributed by atoms with Crippen LogP contribution < -0.4 is 10.2 Å². The van der Waals surface area contributed by atoms with Crippen LogP contribution >= 0.6 is 0 Å². The molecule has 100 valence electrons. The van der Waals surface area contributed by atoms with Gasteiger partial charge in [0.15, 0.2) is 5.72 Å². The normalized spacial score (nSPS) is 28.4. The lowest BCUT2D eigenvalue weighted by molar-refractivity contribution is -0.173. The van der Waals surface area contributed by atoms with Crippen molar-refractivity contribution >= 4 is 0 Å². The Morgan fingerprint density at radius 3 is 2.44 bits per heavy atom. The van der Waals surface area contributed by atoms with E-state index in [2.05, 4.69) is 5.48 Å². The average Bonchev–Trinajstić information content (AvgIpc) is 2.73. The van der Waals surface area contributed by atoms with Crippen LogP contribution in [0, 0.1) is 0 Å². The molecule has 0 aliphatic carbocycles. The fraction of sp³-hybridized carbons (Fsp3) is 0.538. The fourth-order valence-corrected chi connectivity index (χ4v) is 1.90. The minimum atomic E-state index is -1.45. The highest BCUT2D eigenvalue weighted by atomic mass is 16.7. The Labute approximate surface area is 106 Å². The molecule has 1 aromatic carbocycles. The van der Waals surface area contributed by atoms with Gasteiger partial charge in [0, 0.05) is 6.42 Å². The second kappa shape index (κ2) is 4.51. The summed E-state index contributed by atoms with van der Waals surface area (Å²) in [6.45, 7) is 3.08. The molecular formula is C13H19NO4. The largest absolute Gasteiger partial charge is 0.497 e. The van der Waals surface area contributed by atoms with E-state index in [1.807, 2.05) is 24.3 Å². The number of nitrogens with one attached hydrogen (secondary N) is 1. The monoisotopic (exact) mass is 253 g/mol. The van der Waals surface area contributed by atoms with Gasteiger partial charge in [0.05, 0.1) is 7.11 Å². The summed E-state index contributed by atoms with van der Waals surface area (Å²) in [5.74, 6) is 0.766. The molecule has 0 radical (unpaired) electrons. The number of aliphatic hydroxyl groups is 2. The SMILES string of the molecule is COc1ccc([C@H]2C[C@@](O)(C(C)(C)O)NO2)cc1. The van der Waals surface area contributed by atoms with Crippen LogP contribution in [-0.4, -0.2) is 28.6 Å². The van der Waals surface area contributed by atoms with Gasteiger partial charge in [-0.1, -0.05) is 12.1 Å². The Hall–Kier alpha value is -1.14. The molecule has 1 heterocycles. The van der Waals surface area contributed by atoms with Crippen molar-refractivity contribution in [3.05, 3.63) is 29.8 Å². The van der Waals surface area contributed by atoms with Crippen molar-refractivity contribution in [1.82, 2.24) is 5.48 Å². The van der Waals surface area contributed by atoms with E-state index < -0.39 is 11.3 Å². The van der Waals surface area contributed by atoms with Crippen LogP contribution in [-0.2, 0) is 4.84 Å². The molecule has 5 nitrogen and oxygen atoms in total. The second-order valence-corrected chi connectivity index (χ2v) is 5.11. The summed E-state index contributed by atoms with van der Waals surface area (Å²) in [4.78, 5) is 5.35. The minimum absolute atomic E-state index is 0.281. The van der Waals surface area contributed by atoms with E-state index >= 15 is 0 Å². The highest BCUT2D eigenvalue weighted by Crippen LogP contribution is 2.37. The summed E-state index contributed by atoms with van der Waals surface area (Å²) in [6.07, 6.45) is -0.0182. The number of hydroxylamine groups is 1. The molecule has 1 aromatic rings. The predicted octanol–water partition coefficient (Wildman–Crippen LogP) is 1.12. The van der Waals surface area contributed by atoms with Crippen LogP contribution in [0.25, 0.3) is 0 Å². The molecule has 5 heteroatoms. The Kier molecular flexibility index (Phi) is 3.33. The number of benzene rings is 1. The lowest BCUT2D eigenvalue weighted by Gasteiger charge is -2.33. The molecule has 0 bridgehead atoms. The van der Waals surface area contributed by atoms with Crippen molar-refractivity contribution < 1.29 is 19.8 Å². The third kappa shape index (κ3) is 2.35. The van der Waals surface area contributed by atoms with Crippen LogP contribution in [0.2, 0.25) is 0 Å². The predicted molar refractivity (Wildman–Crippen MR) is 65.8 cm³/mol. The summed E-state index contributed by atoms with van der Waals surface area (Å²) in [6, 6.07) is 7.42. The van der Waals surface area contributed by atoms with Crippen LogP contribution in [0.15, 0.2) is 24.3 Å². The van der Waals surface area contributed by atoms with Gasteiger partial charge in [0.1, 0.15) is 17.5 Å². The smallest absolute Gasteiger partial charge is 0.168 e. The standard InChI is InChI=1S/C13H19NO4/c1-12(2,15)13(16)8-11(18-14-13)9-4-6-10(17-3)7-5-9/h4-7,11,14-16H,8H2,1-3H3/t11-,13-/m1/s1. The van der Waals surface area contributed by atoms with Crippen molar-refractivity contribution in [2.45, 2.75) is 37.7 Å². The van der Waals surface area contributed by atoms with E-state index in [1.165, 1.54) is 0 Å². The third-order valence-electron chi connectivity index (χ3n) is 3.35. The van der Waals surface area contributed by atoms with E-state index in [1.54, 1.807) is 21.0 Å². The van der Waals surface area contributed by atoms with Crippen LogP contribution in [0.5, 0.6) is 5.75 Å². The lowest BCUT2D eigenvalue weighted by Crippen LogP contribution is -2.56. The Bertz CT molecular complexity index is 412. The van der Waals surface area contributed by atoms with E-state index in [9.17, 15) is 10.2 Å². The zero-order valence-electron chi connectivity index (χ0n) is 10.8. The summed E-state index contributed by atoms with van der Waals surface area (Å²) >= 11 is 0. The van der Waals surface area contributed by atoms with Gasteiger partial charge in [-0.2, -0.15) is 5.48 Å². The zero-order chi connectivity index (χ0) is 13.4. The quantitative estimate of drug-likeness (QED) is 0.753. The molecular weight excluding hydrogens is 234 g/mol. The fourth-order valence-electron chi connectivity index (χ4n) is 1.90. The first-order valence-electron chi connectivity index (χ1n) is 5.87. The number of ether oxygens (including phenoxy) is 1. The van der Waals surface area contributed by atoms with Gasteiger partial charge < -0.3 is 14.9 Å². The molecule has 0 saturated carbocycles. The molecule has 1 saturated heterocycles. The molecule has 3 N–H and O–H groups in total. The molecule has 18 heavy (non-hydrogen) atoms. The Balaban J connectivity index is 2.13. The Morgan fingerprint density at radius 1 is 1.39 bits per heavy atom. The summed E-state index contributed by atoms with van der Waals surface area (Å²) in [5.41, 5.74) is 0.714. The molecule has 2 atom stereocenters. The summed E-state index contributed by atoms with van der Waals surface area (Å²) in [5, 5.41) is 20.2. The van der Waals surface area contributed by atoms with E-state index in [0.29, 0.717) is 0 Å². The maximum atomic E-state index is 10.2. The van der Waals surface area contributed by atoms with Gasteiger partial charge in [-0.3, -0.25) is 4.84 Å². The van der Waals surface area contributed by atoms with Crippen molar-refractivity contribution in [2.75, 3.05) is 7.11 Å². The van der Waals surface area contributed by atoms with E-state index in [-0.39, 0.29) is 12.5 Å². The number of hydrogen-bond acceptors (Lipinski definition) is 5. The minimum Gasteiger partial charge on any atom is -0.497 e. The topological polar surface area (TPSA) is 71.0 Å². The second-order valence-electron chi connectivity index (χ2n) is 5.11.